The Morgan fingerprint density at radius 3 is 2.46 bits per heavy atom. The molecule has 0 unspecified atom stereocenters. The van der Waals surface area contributed by atoms with E-state index in [-0.39, 0.29) is 0 Å². The van der Waals surface area contributed by atoms with Crippen molar-refractivity contribution in [2.24, 2.45) is 0 Å². The fraction of sp³-hybridized carbons (Fsp3) is 0.0870. The first-order chi connectivity index (χ1) is 12.7. The number of hydrogen-bond acceptors (Lipinski definition) is 1. The molecule has 6 rings (SSSR count). The molecule has 2 aromatic heterocycles. The first-order valence-corrected chi connectivity index (χ1v) is 13.7. The summed E-state index contributed by atoms with van der Waals surface area (Å²) in [4.78, 5) is 5.03. The first-order valence-electron chi connectivity index (χ1n) is 8.99. The molecule has 3 aromatic carbocycles. The van der Waals surface area contributed by atoms with Crippen LogP contribution in [0.4, 0.5) is 0 Å². The van der Waals surface area contributed by atoms with E-state index in [1.54, 1.807) is 9.45 Å². The van der Waals surface area contributed by atoms with Gasteiger partial charge in [-0.2, -0.15) is 0 Å². The zero-order chi connectivity index (χ0) is 17.5. The summed E-state index contributed by atoms with van der Waals surface area (Å²) >= 11 is 0.412. The van der Waals surface area contributed by atoms with Crippen molar-refractivity contribution in [3.05, 3.63) is 66.9 Å². The maximum absolute atomic E-state index is 5.03. The fourth-order valence-corrected chi connectivity index (χ4v) is 10.7. The van der Waals surface area contributed by atoms with Crippen molar-refractivity contribution in [2.45, 2.75) is 13.1 Å². The predicted molar refractivity (Wildman–Crippen MR) is 116 cm³/mol. The summed E-state index contributed by atoms with van der Waals surface area (Å²) in [7, 11) is -1.89. The average molecular weight is 414 g/mol. The Balaban J connectivity index is 1.96. The Bertz CT molecular complexity index is 1360. The minimum atomic E-state index is -1.89. The van der Waals surface area contributed by atoms with Crippen LogP contribution in [0.5, 0.6) is 0 Å². The van der Waals surface area contributed by atoms with Gasteiger partial charge in [-0.1, -0.05) is 0 Å². The van der Waals surface area contributed by atoms with E-state index in [9.17, 15) is 0 Å². The number of nitrogens with zero attached hydrogens (tertiary/aromatic N) is 1. The molecule has 0 N–H and O–H groups in total. The molecule has 0 aliphatic carbocycles. The Kier molecular flexibility index (Phi) is 2.84. The number of rotatable bonds is 0. The SMILES string of the molecule is C[Si]1(C)c2c(ncc3ccccc23)-c2cccc3[se]c4cccc1c4c23. The number of fused-ring (bicyclic) bond motifs is 4. The second kappa shape index (κ2) is 4.95. The molecule has 5 aromatic rings. The van der Waals surface area contributed by atoms with Crippen LogP contribution in [0.3, 0.4) is 0 Å². The third kappa shape index (κ3) is 1.73. The van der Waals surface area contributed by atoms with Crippen LogP contribution in [0, 0.1) is 0 Å². The first kappa shape index (κ1) is 14.9. The van der Waals surface area contributed by atoms with Gasteiger partial charge in [0.2, 0.25) is 0 Å². The van der Waals surface area contributed by atoms with E-state index in [1.807, 2.05) is 0 Å². The van der Waals surface area contributed by atoms with Gasteiger partial charge in [-0.05, 0) is 0 Å². The van der Waals surface area contributed by atoms with Crippen LogP contribution < -0.4 is 10.4 Å². The molecule has 0 saturated heterocycles. The predicted octanol–water partition coefficient (Wildman–Crippen LogP) is 4.40. The zero-order valence-corrected chi connectivity index (χ0v) is 17.4. The summed E-state index contributed by atoms with van der Waals surface area (Å²) in [6.45, 7) is 5.01. The number of hydrogen-bond donors (Lipinski definition) is 0. The van der Waals surface area contributed by atoms with Crippen molar-refractivity contribution >= 4 is 63.0 Å². The Morgan fingerprint density at radius 1 is 0.808 bits per heavy atom. The Labute approximate surface area is 159 Å². The monoisotopic (exact) mass is 415 g/mol. The van der Waals surface area contributed by atoms with Gasteiger partial charge in [-0.3, -0.25) is 0 Å². The summed E-state index contributed by atoms with van der Waals surface area (Å²) in [6, 6.07) is 22.6. The standard InChI is InChI=1S/C23H17NSeSi/c1-26(2)19-12-6-11-18-21(19)20-16(9-5-10-17(20)25-18)22-23(26)15-8-4-3-7-14(15)13-24-22/h3-13H,1-2H3. The van der Waals surface area contributed by atoms with E-state index in [2.05, 4.69) is 80.0 Å². The van der Waals surface area contributed by atoms with Crippen molar-refractivity contribution < 1.29 is 0 Å². The van der Waals surface area contributed by atoms with E-state index in [1.165, 1.54) is 42.2 Å². The van der Waals surface area contributed by atoms with Gasteiger partial charge in [0.25, 0.3) is 0 Å². The van der Waals surface area contributed by atoms with Crippen LogP contribution in [-0.4, -0.2) is 27.6 Å². The molecule has 1 aliphatic heterocycles. The van der Waals surface area contributed by atoms with Gasteiger partial charge in [0.15, 0.2) is 0 Å². The second-order valence-electron chi connectivity index (χ2n) is 7.65. The molecule has 124 valence electrons. The summed E-state index contributed by atoms with van der Waals surface area (Å²) in [5, 5.41) is 8.73. The Morgan fingerprint density at radius 2 is 1.58 bits per heavy atom. The molecule has 3 heteroatoms. The molecule has 0 radical (unpaired) electrons. The van der Waals surface area contributed by atoms with Crippen molar-refractivity contribution in [3.63, 3.8) is 0 Å². The minimum absolute atomic E-state index is 0.412. The quantitative estimate of drug-likeness (QED) is 0.342. The molecule has 0 atom stereocenters. The molecule has 1 nitrogen and oxygen atoms in total. The molecule has 26 heavy (non-hydrogen) atoms. The van der Waals surface area contributed by atoms with Crippen LogP contribution in [0.15, 0.2) is 66.9 Å². The number of aromatic nitrogens is 1. The molecule has 3 heterocycles. The third-order valence-electron chi connectivity index (χ3n) is 5.88. The second-order valence-corrected chi connectivity index (χ2v) is 14.2. The van der Waals surface area contributed by atoms with Crippen LogP contribution in [0.1, 0.15) is 0 Å². The van der Waals surface area contributed by atoms with Gasteiger partial charge in [0, 0.05) is 0 Å². The zero-order valence-electron chi connectivity index (χ0n) is 14.7. The maximum atomic E-state index is 5.03. The summed E-state index contributed by atoms with van der Waals surface area (Å²) < 4.78 is 3.07. The molecule has 0 spiro atoms. The van der Waals surface area contributed by atoms with Crippen LogP contribution in [-0.2, 0) is 0 Å². The van der Waals surface area contributed by atoms with E-state index in [0.717, 1.165) is 0 Å². The van der Waals surface area contributed by atoms with E-state index in [0.29, 0.717) is 14.5 Å². The van der Waals surface area contributed by atoms with Crippen molar-refractivity contribution in [2.75, 3.05) is 0 Å². The van der Waals surface area contributed by atoms with Crippen molar-refractivity contribution in [3.8, 4) is 11.3 Å². The third-order valence-corrected chi connectivity index (χ3v) is 11.7. The van der Waals surface area contributed by atoms with Gasteiger partial charge in [0.05, 0.1) is 0 Å². The van der Waals surface area contributed by atoms with E-state index >= 15 is 0 Å². The van der Waals surface area contributed by atoms with E-state index in [4.69, 9.17) is 4.98 Å². The fourth-order valence-electron chi connectivity index (χ4n) is 4.72. The van der Waals surface area contributed by atoms with Crippen LogP contribution >= 0.6 is 0 Å². The topological polar surface area (TPSA) is 12.9 Å². The summed E-state index contributed by atoms with van der Waals surface area (Å²) in [5.74, 6) is 0. The summed E-state index contributed by atoms with van der Waals surface area (Å²) in [5.41, 5.74) is 2.56. The molecule has 0 bridgehead atoms. The molecule has 1 aliphatic rings. The molecular weight excluding hydrogens is 397 g/mol. The number of pyridine rings is 1. The van der Waals surface area contributed by atoms with Gasteiger partial charge in [-0.25, -0.2) is 0 Å². The van der Waals surface area contributed by atoms with Gasteiger partial charge in [-0.15, -0.1) is 0 Å². The molecule has 0 amide bonds. The van der Waals surface area contributed by atoms with Crippen molar-refractivity contribution in [1.29, 1.82) is 0 Å². The normalized spacial score (nSPS) is 14.8. The molecule has 0 fully saturated rings. The Hall–Kier alpha value is -2.19. The van der Waals surface area contributed by atoms with Crippen molar-refractivity contribution in [1.82, 2.24) is 4.98 Å². The van der Waals surface area contributed by atoms with Crippen LogP contribution in [0.25, 0.3) is 41.3 Å². The average Bonchev–Trinajstić information content (AvgIpc) is 3.01. The van der Waals surface area contributed by atoms with Gasteiger partial charge < -0.3 is 0 Å². The van der Waals surface area contributed by atoms with Crippen LogP contribution in [0.2, 0.25) is 13.1 Å². The summed E-state index contributed by atoms with van der Waals surface area (Å²) in [6.07, 6.45) is 2.06. The number of benzene rings is 3. The molecule has 0 saturated carbocycles. The molecular formula is C23H17NSeSi. The van der Waals surface area contributed by atoms with E-state index < -0.39 is 8.07 Å². The van der Waals surface area contributed by atoms with Gasteiger partial charge >= 0.3 is 159 Å². The van der Waals surface area contributed by atoms with Gasteiger partial charge in [0.1, 0.15) is 0 Å².